The maximum Gasteiger partial charge on any atom is 0.263 e. The van der Waals surface area contributed by atoms with Crippen molar-refractivity contribution in [1.29, 1.82) is 0 Å². The lowest BCUT2D eigenvalue weighted by atomic mass is 10.0. The number of benzene rings is 1. The highest BCUT2D eigenvalue weighted by molar-refractivity contribution is 5.81. The number of amides is 1. The first-order valence-corrected chi connectivity index (χ1v) is 7.84. The molecule has 1 unspecified atom stereocenters. The number of ether oxygens (including phenoxy) is 1. The Morgan fingerprint density at radius 2 is 2.05 bits per heavy atom. The van der Waals surface area contributed by atoms with Gasteiger partial charge < -0.3 is 15.0 Å². The van der Waals surface area contributed by atoms with Crippen LogP contribution in [0.5, 0.6) is 5.75 Å². The van der Waals surface area contributed by atoms with Crippen molar-refractivity contribution in [2.45, 2.75) is 39.2 Å². The first kappa shape index (κ1) is 15.8. The molecule has 1 amide bonds. The van der Waals surface area contributed by atoms with Gasteiger partial charge in [0.2, 0.25) is 0 Å². The summed E-state index contributed by atoms with van der Waals surface area (Å²) in [7, 11) is 0. The third-order valence-electron chi connectivity index (χ3n) is 3.84. The van der Waals surface area contributed by atoms with Crippen LogP contribution in [0.2, 0.25) is 0 Å². The third-order valence-corrected chi connectivity index (χ3v) is 3.84. The summed E-state index contributed by atoms with van der Waals surface area (Å²) in [4.78, 5) is 14.3. The Morgan fingerprint density at radius 3 is 2.81 bits per heavy atom. The van der Waals surface area contributed by atoms with Crippen LogP contribution < -0.4 is 10.1 Å². The molecule has 1 fully saturated rings. The minimum Gasteiger partial charge on any atom is -0.481 e. The van der Waals surface area contributed by atoms with Gasteiger partial charge in [-0.3, -0.25) is 4.79 Å². The molecule has 4 heteroatoms. The van der Waals surface area contributed by atoms with Gasteiger partial charge in [0.1, 0.15) is 5.75 Å². The molecule has 2 rings (SSSR count). The molecule has 1 aliphatic rings. The molecule has 0 aromatic heterocycles. The van der Waals surface area contributed by atoms with Gasteiger partial charge in [-0.15, -0.1) is 0 Å². The largest absolute Gasteiger partial charge is 0.481 e. The van der Waals surface area contributed by atoms with Crippen molar-refractivity contribution in [2.24, 2.45) is 0 Å². The van der Waals surface area contributed by atoms with E-state index in [1.165, 1.54) is 5.56 Å². The van der Waals surface area contributed by atoms with Crippen LogP contribution in [0.25, 0.3) is 0 Å². The molecular formula is C17H26N2O2. The number of hydrogen-bond acceptors (Lipinski definition) is 3. The molecule has 0 radical (unpaired) electrons. The summed E-state index contributed by atoms with van der Waals surface area (Å²) in [6.45, 7) is 9.55. The molecule has 1 aromatic rings. The summed E-state index contributed by atoms with van der Waals surface area (Å²) in [5, 5.41) is 3.31. The molecule has 1 aromatic carbocycles. The monoisotopic (exact) mass is 290 g/mol. The van der Waals surface area contributed by atoms with Gasteiger partial charge >= 0.3 is 0 Å². The summed E-state index contributed by atoms with van der Waals surface area (Å²) >= 11 is 0. The molecule has 1 atom stereocenters. The van der Waals surface area contributed by atoms with Gasteiger partial charge in [-0.1, -0.05) is 26.0 Å². The minimum absolute atomic E-state index is 0.0775. The minimum atomic E-state index is -0.439. The van der Waals surface area contributed by atoms with Crippen LogP contribution in [0.1, 0.15) is 38.7 Å². The molecule has 1 saturated heterocycles. The molecule has 116 valence electrons. The molecule has 0 aliphatic carbocycles. The number of hydrogen-bond donors (Lipinski definition) is 1. The second kappa shape index (κ2) is 7.46. The van der Waals surface area contributed by atoms with Gasteiger partial charge in [0.25, 0.3) is 5.91 Å². The van der Waals surface area contributed by atoms with Crippen molar-refractivity contribution in [1.82, 2.24) is 10.2 Å². The van der Waals surface area contributed by atoms with Crippen molar-refractivity contribution in [3.8, 4) is 5.75 Å². The van der Waals surface area contributed by atoms with E-state index in [9.17, 15) is 4.79 Å². The summed E-state index contributed by atoms with van der Waals surface area (Å²) in [5.41, 5.74) is 1.23. The van der Waals surface area contributed by atoms with Crippen LogP contribution in [0.4, 0.5) is 0 Å². The number of carbonyl (C=O) groups is 1. The van der Waals surface area contributed by atoms with E-state index in [2.05, 4.69) is 25.2 Å². The fourth-order valence-electron chi connectivity index (χ4n) is 2.52. The van der Waals surface area contributed by atoms with E-state index in [0.717, 1.165) is 38.3 Å². The smallest absolute Gasteiger partial charge is 0.263 e. The summed E-state index contributed by atoms with van der Waals surface area (Å²) in [6.07, 6.45) is 0.562. The molecule has 1 N–H and O–H groups in total. The molecule has 0 bridgehead atoms. The van der Waals surface area contributed by atoms with Crippen LogP contribution in [0, 0.1) is 0 Å². The van der Waals surface area contributed by atoms with Crippen molar-refractivity contribution in [3.05, 3.63) is 29.8 Å². The fraction of sp³-hybridized carbons (Fsp3) is 0.588. The van der Waals surface area contributed by atoms with Crippen LogP contribution in [-0.4, -0.2) is 43.1 Å². The maximum atomic E-state index is 12.4. The van der Waals surface area contributed by atoms with Gasteiger partial charge in [-0.2, -0.15) is 0 Å². The van der Waals surface area contributed by atoms with Crippen molar-refractivity contribution >= 4 is 5.91 Å². The Bertz CT molecular complexity index is 466. The average molecular weight is 290 g/mol. The number of carbonyl (C=O) groups excluding carboxylic acids is 1. The first-order chi connectivity index (χ1) is 10.1. The first-order valence-electron chi connectivity index (χ1n) is 7.84. The molecular weight excluding hydrogens is 264 g/mol. The maximum absolute atomic E-state index is 12.4. The highest BCUT2D eigenvalue weighted by atomic mass is 16.5. The van der Waals surface area contributed by atoms with Crippen molar-refractivity contribution in [2.75, 3.05) is 26.2 Å². The predicted octanol–water partition coefficient (Wildman–Crippen LogP) is 2.40. The Hall–Kier alpha value is -1.55. The fourth-order valence-corrected chi connectivity index (χ4v) is 2.52. The standard InChI is InChI=1S/C17H26N2O2/c1-13(2)15-6-4-7-16(12-15)21-14(3)17(20)19-10-5-8-18-9-11-19/h4,6-7,12-14,18H,5,8-11H2,1-3H3. The number of nitrogens with one attached hydrogen (secondary N) is 1. The Labute approximate surface area is 127 Å². The SMILES string of the molecule is CC(Oc1cccc(C(C)C)c1)C(=O)N1CCCNCC1. The quantitative estimate of drug-likeness (QED) is 0.926. The van der Waals surface area contributed by atoms with E-state index in [1.54, 1.807) is 0 Å². The molecule has 1 heterocycles. The highest BCUT2D eigenvalue weighted by Crippen LogP contribution is 2.21. The third kappa shape index (κ3) is 4.46. The van der Waals surface area contributed by atoms with Crippen LogP contribution in [0.3, 0.4) is 0 Å². The van der Waals surface area contributed by atoms with E-state index < -0.39 is 6.10 Å². The average Bonchev–Trinajstić information content (AvgIpc) is 2.75. The topological polar surface area (TPSA) is 41.6 Å². The molecule has 21 heavy (non-hydrogen) atoms. The van der Waals surface area contributed by atoms with Crippen LogP contribution >= 0.6 is 0 Å². The second-order valence-corrected chi connectivity index (χ2v) is 5.92. The van der Waals surface area contributed by atoms with Crippen LogP contribution in [0.15, 0.2) is 24.3 Å². The van der Waals surface area contributed by atoms with E-state index in [4.69, 9.17) is 4.74 Å². The molecule has 1 aliphatic heterocycles. The predicted molar refractivity (Wildman–Crippen MR) is 84.7 cm³/mol. The summed E-state index contributed by atoms with van der Waals surface area (Å²) in [6, 6.07) is 8.01. The Kier molecular flexibility index (Phi) is 5.62. The lowest BCUT2D eigenvalue weighted by Crippen LogP contribution is -2.42. The summed E-state index contributed by atoms with van der Waals surface area (Å²) in [5.74, 6) is 1.31. The highest BCUT2D eigenvalue weighted by Gasteiger charge is 2.22. The van der Waals surface area contributed by atoms with Gasteiger partial charge in [0.05, 0.1) is 0 Å². The lowest BCUT2D eigenvalue weighted by molar-refractivity contribution is -0.137. The van der Waals surface area contributed by atoms with Crippen molar-refractivity contribution < 1.29 is 9.53 Å². The molecule has 4 nitrogen and oxygen atoms in total. The van der Waals surface area contributed by atoms with E-state index in [0.29, 0.717) is 5.92 Å². The number of rotatable bonds is 4. The van der Waals surface area contributed by atoms with E-state index in [-0.39, 0.29) is 5.91 Å². The van der Waals surface area contributed by atoms with Crippen molar-refractivity contribution in [3.63, 3.8) is 0 Å². The van der Waals surface area contributed by atoms with Gasteiger partial charge in [-0.25, -0.2) is 0 Å². The zero-order valence-corrected chi connectivity index (χ0v) is 13.3. The molecule has 0 spiro atoms. The Balaban J connectivity index is 1.98. The van der Waals surface area contributed by atoms with Gasteiger partial charge in [-0.05, 0) is 43.5 Å². The van der Waals surface area contributed by atoms with Crippen LogP contribution in [-0.2, 0) is 4.79 Å². The zero-order chi connectivity index (χ0) is 15.2. The second-order valence-electron chi connectivity index (χ2n) is 5.92. The summed E-state index contributed by atoms with van der Waals surface area (Å²) < 4.78 is 5.85. The number of nitrogens with zero attached hydrogens (tertiary/aromatic N) is 1. The van der Waals surface area contributed by atoms with E-state index >= 15 is 0 Å². The van der Waals surface area contributed by atoms with Gasteiger partial charge in [0.15, 0.2) is 6.10 Å². The Morgan fingerprint density at radius 1 is 1.24 bits per heavy atom. The van der Waals surface area contributed by atoms with E-state index in [1.807, 2.05) is 30.0 Å². The molecule has 0 saturated carbocycles. The zero-order valence-electron chi connectivity index (χ0n) is 13.3. The normalized spacial score (nSPS) is 17.4. The van der Waals surface area contributed by atoms with Gasteiger partial charge in [0, 0.05) is 19.6 Å². The lowest BCUT2D eigenvalue weighted by Gasteiger charge is -2.24.